The number of rotatable bonds is 2. The SMILES string of the molecule is Fc1ccc(-c2[nH]c3c(F)cc(F)cc3c2-c2nnc(Br)o2)cc1. The molecule has 2 aromatic heterocycles. The van der Waals surface area contributed by atoms with E-state index in [0.29, 0.717) is 16.8 Å². The van der Waals surface area contributed by atoms with Gasteiger partial charge in [-0.1, -0.05) is 0 Å². The molecule has 0 bridgehead atoms. The minimum absolute atomic E-state index is 0.0810. The average molecular weight is 394 g/mol. The zero-order valence-electron chi connectivity index (χ0n) is 11.8. The van der Waals surface area contributed by atoms with E-state index in [1.165, 1.54) is 30.3 Å². The summed E-state index contributed by atoms with van der Waals surface area (Å²) < 4.78 is 46.4. The summed E-state index contributed by atoms with van der Waals surface area (Å²) in [7, 11) is 0. The maximum atomic E-state index is 14.1. The maximum absolute atomic E-state index is 14.1. The quantitative estimate of drug-likeness (QED) is 0.517. The highest BCUT2D eigenvalue weighted by atomic mass is 79.9. The molecule has 8 heteroatoms. The van der Waals surface area contributed by atoms with Crippen molar-refractivity contribution in [1.82, 2.24) is 15.2 Å². The van der Waals surface area contributed by atoms with Gasteiger partial charge in [-0.3, -0.25) is 0 Å². The Hall–Kier alpha value is -2.61. The number of benzene rings is 2. The molecule has 0 aliphatic rings. The first-order valence-corrected chi connectivity index (χ1v) is 7.58. The second-order valence-corrected chi connectivity index (χ2v) is 5.73. The fourth-order valence-electron chi connectivity index (χ4n) is 2.58. The highest BCUT2D eigenvalue weighted by molar-refractivity contribution is 9.10. The first-order valence-electron chi connectivity index (χ1n) is 6.79. The molecule has 0 fully saturated rings. The first-order chi connectivity index (χ1) is 11.5. The Labute approximate surface area is 141 Å². The molecule has 0 saturated heterocycles. The van der Waals surface area contributed by atoms with Crippen LogP contribution < -0.4 is 0 Å². The van der Waals surface area contributed by atoms with Gasteiger partial charge in [0.05, 0.1) is 16.8 Å². The predicted molar refractivity (Wildman–Crippen MR) is 84.6 cm³/mol. The number of H-pyrrole nitrogens is 1. The Morgan fingerprint density at radius 3 is 2.38 bits per heavy atom. The summed E-state index contributed by atoms with van der Waals surface area (Å²) in [6, 6.07) is 7.53. The van der Waals surface area contributed by atoms with Gasteiger partial charge in [-0.15, -0.1) is 10.2 Å². The van der Waals surface area contributed by atoms with Crippen LogP contribution in [0.4, 0.5) is 13.2 Å². The van der Waals surface area contributed by atoms with Crippen molar-refractivity contribution >= 4 is 26.8 Å². The highest BCUT2D eigenvalue weighted by Crippen LogP contribution is 2.39. The third-order valence-corrected chi connectivity index (χ3v) is 3.89. The molecule has 2 heterocycles. The molecule has 4 rings (SSSR count). The molecule has 24 heavy (non-hydrogen) atoms. The van der Waals surface area contributed by atoms with Crippen molar-refractivity contribution in [2.45, 2.75) is 0 Å². The Morgan fingerprint density at radius 1 is 0.958 bits per heavy atom. The highest BCUT2D eigenvalue weighted by Gasteiger charge is 2.22. The largest absolute Gasteiger partial charge is 0.411 e. The normalized spacial score (nSPS) is 11.3. The Bertz CT molecular complexity index is 1060. The summed E-state index contributed by atoms with van der Waals surface area (Å²) in [5.41, 5.74) is 1.43. The summed E-state index contributed by atoms with van der Waals surface area (Å²) in [6.07, 6.45) is 0. The van der Waals surface area contributed by atoms with E-state index in [0.717, 1.165) is 6.07 Å². The number of halogens is 4. The Balaban J connectivity index is 2.08. The number of aromatic amines is 1. The van der Waals surface area contributed by atoms with Crippen LogP contribution in [0.2, 0.25) is 0 Å². The number of aromatic nitrogens is 3. The van der Waals surface area contributed by atoms with Gasteiger partial charge in [0.25, 0.3) is 10.7 Å². The molecule has 0 radical (unpaired) electrons. The molecule has 120 valence electrons. The minimum Gasteiger partial charge on any atom is -0.411 e. The standard InChI is InChI=1S/C16H7BrF3N3O/c17-16-23-22-15(24-16)12-10-5-9(19)6-11(20)14(10)21-13(12)7-1-3-8(18)4-2-7/h1-6,21H. The van der Waals surface area contributed by atoms with Gasteiger partial charge in [-0.05, 0) is 35.9 Å². The molecular weight excluding hydrogens is 387 g/mol. The number of nitrogens with one attached hydrogen (secondary N) is 1. The molecule has 0 unspecified atom stereocenters. The van der Waals surface area contributed by atoms with Gasteiger partial charge in [-0.2, -0.15) is 0 Å². The average Bonchev–Trinajstić information content (AvgIpc) is 3.11. The van der Waals surface area contributed by atoms with Crippen LogP contribution >= 0.6 is 15.9 Å². The zero-order chi connectivity index (χ0) is 16.8. The number of hydrogen-bond donors (Lipinski definition) is 1. The number of nitrogens with zero attached hydrogens (tertiary/aromatic N) is 2. The molecule has 1 N–H and O–H groups in total. The van der Waals surface area contributed by atoms with Crippen molar-refractivity contribution in [1.29, 1.82) is 0 Å². The van der Waals surface area contributed by atoms with Crippen molar-refractivity contribution in [3.05, 3.63) is 58.6 Å². The molecule has 4 aromatic rings. The van der Waals surface area contributed by atoms with E-state index in [-0.39, 0.29) is 21.6 Å². The van der Waals surface area contributed by atoms with Crippen molar-refractivity contribution in [2.75, 3.05) is 0 Å². The monoisotopic (exact) mass is 393 g/mol. The van der Waals surface area contributed by atoms with Crippen LogP contribution in [0, 0.1) is 17.5 Å². The van der Waals surface area contributed by atoms with Gasteiger partial charge >= 0.3 is 0 Å². The lowest BCUT2D eigenvalue weighted by Gasteiger charge is -2.01. The lowest BCUT2D eigenvalue weighted by atomic mass is 10.0. The van der Waals surface area contributed by atoms with E-state index in [1.807, 2.05) is 0 Å². The van der Waals surface area contributed by atoms with Gasteiger partial charge in [0.15, 0.2) is 0 Å². The van der Waals surface area contributed by atoms with Gasteiger partial charge in [-0.25, -0.2) is 13.2 Å². The van der Waals surface area contributed by atoms with Crippen LogP contribution in [-0.2, 0) is 0 Å². The summed E-state index contributed by atoms with van der Waals surface area (Å²) in [5.74, 6) is -1.81. The first kappa shape index (κ1) is 14.9. The van der Waals surface area contributed by atoms with Crippen LogP contribution in [0.3, 0.4) is 0 Å². The molecule has 0 amide bonds. The van der Waals surface area contributed by atoms with Gasteiger partial charge in [0.1, 0.15) is 17.5 Å². The second kappa shape index (κ2) is 5.48. The van der Waals surface area contributed by atoms with Gasteiger partial charge < -0.3 is 9.40 Å². The minimum atomic E-state index is -0.752. The molecule has 0 saturated carbocycles. The van der Waals surface area contributed by atoms with Crippen LogP contribution in [0.5, 0.6) is 0 Å². The zero-order valence-corrected chi connectivity index (χ0v) is 13.4. The predicted octanol–water partition coefficient (Wildman–Crippen LogP) is 5.06. The van der Waals surface area contributed by atoms with E-state index in [9.17, 15) is 13.2 Å². The summed E-state index contributed by atoms with van der Waals surface area (Å²) >= 11 is 3.05. The molecule has 2 aromatic carbocycles. The summed E-state index contributed by atoms with van der Waals surface area (Å²) in [4.78, 5) is 3.03. The molecule has 0 aliphatic carbocycles. The van der Waals surface area contributed by atoms with E-state index in [4.69, 9.17) is 4.42 Å². The van der Waals surface area contributed by atoms with E-state index >= 15 is 0 Å². The van der Waals surface area contributed by atoms with Gasteiger partial charge in [0, 0.05) is 27.4 Å². The summed E-state index contributed by atoms with van der Waals surface area (Å²) in [5, 5.41) is 7.83. The van der Waals surface area contributed by atoms with Crippen molar-refractivity contribution in [3.8, 4) is 22.7 Å². The van der Waals surface area contributed by atoms with Crippen LogP contribution in [-0.4, -0.2) is 15.2 Å². The van der Waals surface area contributed by atoms with E-state index in [1.54, 1.807) is 0 Å². The third-order valence-electron chi connectivity index (χ3n) is 3.57. The molecular formula is C16H7BrF3N3O. The fraction of sp³-hybridized carbons (Fsp3) is 0. The smallest absolute Gasteiger partial charge is 0.285 e. The number of hydrogen-bond acceptors (Lipinski definition) is 3. The number of fused-ring (bicyclic) bond motifs is 1. The fourth-order valence-corrected chi connectivity index (χ4v) is 2.81. The Kier molecular flexibility index (Phi) is 3.42. The second-order valence-electron chi connectivity index (χ2n) is 5.05. The van der Waals surface area contributed by atoms with E-state index in [2.05, 4.69) is 31.1 Å². The third kappa shape index (κ3) is 2.39. The van der Waals surface area contributed by atoms with Crippen molar-refractivity contribution < 1.29 is 17.6 Å². The maximum Gasteiger partial charge on any atom is 0.285 e. The van der Waals surface area contributed by atoms with Crippen molar-refractivity contribution in [3.63, 3.8) is 0 Å². The Morgan fingerprint density at radius 2 is 1.71 bits per heavy atom. The van der Waals surface area contributed by atoms with Gasteiger partial charge in [0.2, 0.25) is 0 Å². The van der Waals surface area contributed by atoms with Crippen LogP contribution in [0.15, 0.2) is 45.6 Å². The lowest BCUT2D eigenvalue weighted by molar-refractivity contribution is 0.541. The van der Waals surface area contributed by atoms with E-state index < -0.39 is 17.5 Å². The lowest BCUT2D eigenvalue weighted by Crippen LogP contribution is -1.84. The summed E-state index contributed by atoms with van der Waals surface area (Å²) in [6.45, 7) is 0. The topological polar surface area (TPSA) is 54.7 Å². The van der Waals surface area contributed by atoms with Crippen LogP contribution in [0.25, 0.3) is 33.6 Å². The van der Waals surface area contributed by atoms with Crippen molar-refractivity contribution in [2.24, 2.45) is 0 Å². The molecule has 0 atom stereocenters. The van der Waals surface area contributed by atoms with Crippen LogP contribution in [0.1, 0.15) is 0 Å². The molecule has 0 aliphatic heterocycles. The molecule has 4 nitrogen and oxygen atoms in total. The molecule has 0 spiro atoms.